The van der Waals surface area contributed by atoms with E-state index >= 15 is 0 Å². The summed E-state index contributed by atoms with van der Waals surface area (Å²) in [5.74, 6) is -5.17. The van der Waals surface area contributed by atoms with Crippen LogP contribution in [-0.4, -0.2) is 61.1 Å². The predicted molar refractivity (Wildman–Crippen MR) is 99.0 cm³/mol. The molecule has 0 aliphatic heterocycles. The van der Waals surface area contributed by atoms with Crippen molar-refractivity contribution in [3.8, 4) is 0 Å². The molecule has 0 amide bonds. The quantitative estimate of drug-likeness (QED) is 0.155. The molecule has 180 valence electrons. The van der Waals surface area contributed by atoms with Crippen LogP contribution in [0.3, 0.4) is 0 Å². The monoisotopic (exact) mass is 499 g/mol. The second kappa shape index (κ2) is 56.3. The molecule has 0 aliphatic rings. The van der Waals surface area contributed by atoms with Gasteiger partial charge >= 0.3 is 19.5 Å². The van der Waals surface area contributed by atoms with Crippen LogP contribution in [0.5, 0.6) is 0 Å². The van der Waals surface area contributed by atoms with Crippen molar-refractivity contribution < 1.29 is 69.0 Å². The Morgan fingerprint density at radius 3 is 0.833 bits per heavy atom. The number of carboxylic acids is 5. The summed E-state index contributed by atoms with van der Waals surface area (Å²) in [5, 5.41) is 46.0. The average molecular weight is 501 g/mol. The van der Waals surface area contributed by atoms with Crippen LogP contribution < -0.4 is 49.5 Å². The van der Waals surface area contributed by atoms with Gasteiger partial charge in [0.05, 0.1) is 0 Å². The average Bonchev–Trinajstić information content (AvgIpc) is 2.35. The molecule has 0 aromatic rings. The van der Waals surface area contributed by atoms with Crippen molar-refractivity contribution in [2.75, 3.05) is 26.2 Å². The van der Waals surface area contributed by atoms with Crippen LogP contribution in [0.1, 0.15) is 34.6 Å². The normalized spacial score (nSPS) is 6.37. The van der Waals surface area contributed by atoms with E-state index in [0.29, 0.717) is 13.1 Å². The number of nitrogens with two attached hydrogens (primary N) is 2. The van der Waals surface area contributed by atoms with Crippen LogP contribution in [0.2, 0.25) is 0 Å². The molecular weight excluding hydrogens is 464 g/mol. The topological polar surface area (TPSA) is 335 Å². The number of hydrogen-bond acceptors (Lipinski definition) is 12. The summed E-state index contributed by atoms with van der Waals surface area (Å²) in [6.07, 6.45) is 0. The molecular formula is C14H37N5O10Zn. The maximum Gasteiger partial charge on any atom is 2.00 e. The molecule has 0 unspecified atom stereocenters. The van der Waals surface area contributed by atoms with Crippen LogP contribution in [0.4, 0.5) is 0 Å². The van der Waals surface area contributed by atoms with Crippen LogP contribution >= 0.6 is 0 Å². The van der Waals surface area contributed by atoms with E-state index in [1.165, 1.54) is 0 Å². The Morgan fingerprint density at radius 1 is 0.667 bits per heavy atom. The van der Waals surface area contributed by atoms with E-state index in [1.54, 1.807) is 0 Å². The molecule has 0 aromatic carbocycles. The van der Waals surface area contributed by atoms with Crippen molar-refractivity contribution in [1.82, 2.24) is 17.6 Å². The van der Waals surface area contributed by atoms with Gasteiger partial charge < -0.3 is 73.8 Å². The molecule has 0 heterocycles. The number of carbonyl (C=O) groups is 5. The first kappa shape index (κ1) is 56.5. The maximum absolute atomic E-state index is 9.00. The third kappa shape index (κ3) is 5030. The largest absolute Gasteiger partial charge is 2.00 e. The smallest absolute Gasteiger partial charge is 0.550 e. The number of aliphatic carboxylic acids is 5. The van der Waals surface area contributed by atoms with Crippen molar-refractivity contribution >= 4 is 29.8 Å². The molecule has 0 bridgehead atoms. The SMILES string of the molecule is CC(=O)O.CC(=O)[O-].CC(=O)[O-].CC(=O)[O-].CC(=O)[O-].NCCNCCN.[NH4+].[NH4+].[Zn+2]. The van der Waals surface area contributed by atoms with Gasteiger partial charge in [0.1, 0.15) is 0 Å². The number of hydrogen-bond donors (Lipinski definition) is 6. The van der Waals surface area contributed by atoms with E-state index in [1.807, 2.05) is 0 Å². The summed E-state index contributed by atoms with van der Waals surface area (Å²) >= 11 is 0. The number of quaternary nitrogens is 2. The maximum atomic E-state index is 9.00. The standard InChI is InChI=1S/C4H13N3.5C2H4O2.2H3N.Zn/c5-1-3-7-4-2-6;5*1-2(3)4;;;/h7H,1-6H2;5*1H3,(H,3,4);2*1H3;/q;;;;;;;;+2/p-2. The molecule has 0 aromatic heterocycles. The Hall–Kier alpha value is -2.23. The molecule has 30 heavy (non-hydrogen) atoms. The van der Waals surface area contributed by atoms with Crippen molar-refractivity contribution in [3.63, 3.8) is 0 Å². The van der Waals surface area contributed by atoms with Gasteiger partial charge in [-0.15, -0.1) is 0 Å². The molecule has 0 atom stereocenters. The molecule has 0 radical (unpaired) electrons. The molecule has 15 nitrogen and oxygen atoms in total. The minimum Gasteiger partial charge on any atom is -0.550 e. The molecule has 0 rings (SSSR count). The molecule has 14 N–H and O–H groups in total. The van der Waals surface area contributed by atoms with E-state index in [0.717, 1.165) is 47.7 Å². The van der Waals surface area contributed by atoms with Crippen molar-refractivity contribution in [2.45, 2.75) is 34.6 Å². The van der Waals surface area contributed by atoms with Gasteiger partial charge in [0.25, 0.3) is 5.97 Å². The molecule has 0 fully saturated rings. The predicted octanol–water partition coefficient (Wildman–Crippen LogP) is -5.64. The summed E-state index contributed by atoms with van der Waals surface area (Å²) in [5.41, 5.74) is 10.3. The zero-order chi connectivity index (χ0) is 23.4. The fourth-order valence-corrected chi connectivity index (χ4v) is 0.329. The molecule has 0 saturated heterocycles. The Balaban J connectivity index is -0.0000000251. The van der Waals surface area contributed by atoms with E-state index in [2.05, 4.69) is 5.32 Å². The zero-order valence-corrected chi connectivity index (χ0v) is 21.8. The van der Waals surface area contributed by atoms with Gasteiger partial charge in [-0.1, -0.05) is 0 Å². The number of rotatable bonds is 4. The van der Waals surface area contributed by atoms with Crippen LogP contribution in [-0.2, 0) is 43.5 Å². The molecule has 0 spiro atoms. The van der Waals surface area contributed by atoms with Gasteiger partial charge in [-0.05, 0) is 27.7 Å². The summed E-state index contributed by atoms with van der Waals surface area (Å²) in [4.78, 5) is 44.6. The van der Waals surface area contributed by atoms with E-state index in [-0.39, 0.29) is 31.8 Å². The van der Waals surface area contributed by atoms with Crippen molar-refractivity contribution in [1.29, 1.82) is 0 Å². The second-order valence-electron chi connectivity index (χ2n) is 3.81. The Morgan fingerprint density at radius 2 is 0.767 bits per heavy atom. The van der Waals surface area contributed by atoms with E-state index in [4.69, 9.17) is 61.0 Å². The number of nitrogens with one attached hydrogen (secondary N) is 1. The van der Waals surface area contributed by atoms with Gasteiger partial charge in [-0.3, -0.25) is 4.79 Å². The number of carbonyl (C=O) groups excluding carboxylic acids is 4. The van der Waals surface area contributed by atoms with Gasteiger partial charge in [-0.25, -0.2) is 0 Å². The number of carboxylic acid groups (broad SMARTS) is 5. The summed E-state index contributed by atoms with van der Waals surface area (Å²) in [6.45, 7) is 8.11. The molecule has 0 aliphatic carbocycles. The molecule has 16 heteroatoms. The Labute approximate surface area is 189 Å². The van der Waals surface area contributed by atoms with E-state index in [9.17, 15) is 0 Å². The third-order valence-corrected chi connectivity index (χ3v) is 0.642. The first-order valence-corrected chi connectivity index (χ1v) is 7.08. The zero-order valence-electron chi connectivity index (χ0n) is 18.8. The van der Waals surface area contributed by atoms with Crippen molar-refractivity contribution in [3.05, 3.63) is 0 Å². The summed E-state index contributed by atoms with van der Waals surface area (Å²) in [7, 11) is 0. The Bertz CT molecular complexity index is 294. The summed E-state index contributed by atoms with van der Waals surface area (Å²) in [6, 6.07) is 0. The minimum atomic E-state index is -1.08. The van der Waals surface area contributed by atoms with Gasteiger partial charge in [0, 0.05) is 57.0 Å². The first-order chi connectivity index (χ1) is 12.1. The van der Waals surface area contributed by atoms with Crippen LogP contribution in [0.15, 0.2) is 0 Å². The van der Waals surface area contributed by atoms with Gasteiger partial charge in [-0.2, -0.15) is 0 Å². The van der Waals surface area contributed by atoms with Gasteiger partial charge in [0.15, 0.2) is 0 Å². The Kier molecular flexibility index (Phi) is 106. The van der Waals surface area contributed by atoms with Crippen LogP contribution in [0, 0.1) is 0 Å². The third-order valence-electron chi connectivity index (χ3n) is 0.642. The fraction of sp³-hybridized carbons (Fsp3) is 0.643. The fourth-order valence-electron chi connectivity index (χ4n) is 0.329. The van der Waals surface area contributed by atoms with E-state index < -0.39 is 29.8 Å². The van der Waals surface area contributed by atoms with Crippen LogP contribution in [0.25, 0.3) is 0 Å². The minimum absolute atomic E-state index is 0. The van der Waals surface area contributed by atoms with Gasteiger partial charge in [0.2, 0.25) is 0 Å². The molecule has 0 saturated carbocycles. The van der Waals surface area contributed by atoms with Crippen molar-refractivity contribution in [2.24, 2.45) is 11.5 Å². The summed E-state index contributed by atoms with van der Waals surface area (Å²) < 4.78 is 0. The second-order valence-corrected chi connectivity index (χ2v) is 3.81. The first-order valence-electron chi connectivity index (χ1n) is 7.08.